The number of hydrogen-bond donors (Lipinski definition) is 3. The Morgan fingerprint density at radius 1 is 1.31 bits per heavy atom. The van der Waals surface area contributed by atoms with Crippen molar-refractivity contribution in [1.29, 1.82) is 10.5 Å². The maximum Gasteiger partial charge on any atom is 0.106 e. The molecule has 82 valence electrons. The molecule has 0 fully saturated rings. The fourth-order valence-electron chi connectivity index (χ4n) is 1.28. The number of nitrogens with two attached hydrogens (primary N) is 1. The van der Waals surface area contributed by atoms with E-state index in [1.807, 2.05) is 6.07 Å². The number of anilines is 1. The van der Waals surface area contributed by atoms with Crippen LogP contribution in [0.15, 0.2) is 18.2 Å². The zero-order chi connectivity index (χ0) is 12.1. The summed E-state index contributed by atoms with van der Waals surface area (Å²) in [7, 11) is 0. The minimum absolute atomic E-state index is 0.173. The second-order valence-electron chi connectivity index (χ2n) is 3.33. The third kappa shape index (κ3) is 2.48. The Kier molecular flexibility index (Phi) is 3.84. The molecule has 4 N–H and O–H groups in total. The van der Waals surface area contributed by atoms with Gasteiger partial charge in [-0.25, -0.2) is 0 Å². The summed E-state index contributed by atoms with van der Waals surface area (Å²) in [6, 6.07) is 8.04. The zero-order valence-corrected chi connectivity index (χ0v) is 8.46. The van der Waals surface area contributed by atoms with Crippen molar-refractivity contribution in [3.8, 4) is 12.1 Å². The highest BCUT2D eigenvalue weighted by molar-refractivity contribution is 5.55. The third-order valence-electron chi connectivity index (χ3n) is 2.20. The second-order valence-corrected chi connectivity index (χ2v) is 3.33. The van der Waals surface area contributed by atoms with Crippen LogP contribution in [0, 0.1) is 22.7 Å². The van der Waals surface area contributed by atoms with Gasteiger partial charge >= 0.3 is 0 Å². The second kappa shape index (κ2) is 5.13. The van der Waals surface area contributed by atoms with Crippen molar-refractivity contribution < 1.29 is 10.2 Å². The first-order valence-electron chi connectivity index (χ1n) is 4.62. The zero-order valence-electron chi connectivity index (χ0n) is 8.46. The Bertz CT molecular complexity index is 459. The van der Waals surface area contributed by atoms with Crippen molar-refractivity contribution in [3.05, 3.63) is 29.3 Å². The van der Waals surface area contributed by atoms with E-state index in [4.69, 9.17) is 16.3 Å². The molecule has 0 heterocycles. The van der Waals surface area contributed by atoms with Gasteiger partial charge in [0.1, 0.15) is 12.2 Å². The Morgan fingerprint density at radius 3 is 2.56 bits per heavy atom. The number of nitrogens with zero attached hydrogens (tertiary/aromatic N) is 2. The van der Waals surface area contributed by atoms with Crippen molar-refractivity contribution in [2.24, 2.45) is 0 Å². The minimum Gasteiger partial charge on any atom is -0.398 e. The van der Waals surface area contributed by atoms with Crippen LogP contribution in [0.3, 0.4) is 0 Å². The summed E-state index contributed by atoms with van der Waals surface area (Å²) in [4.78, 5) is 0. The van der Waals surface area contributed by atoms with Crippen molar-refractivity contribution in [1.82, 2.24) is 0 Å². The molecule has 0 saturated heterocycles. The van der Waals surface area contributed by atoms with Gasteiger partial charge in [-0.3, -0.25) is 0 Å². The Morgan fingerprint density at radius 2 is 2.00 bits per heavy atom. The van der Waals surface area contributed by atoms with Crippen LogP contribution < -0.4 is 5.73 Å². The topological polar surface area (TPSA) is 114 Å². The molecule has 0 amide bonds. The molecular formula is C11H11N3O2. The number of nitrogen functional groups attached to an aromatic ring is 1. The summed E-state index contributed by atoms with van der Waals surface area (Å²) in [5.41, 5.74) is 6.43. The summed E-state index contributed by atoms with van der Waals surface area (Å²) in [5, 5.41) is 36.2. The molecule has 0 aliphatic heterocycles. The van der Waals surface area contributed by atoms with Crippen LogP contribution in [-0.4, -0.2) is 16.3 Å². The van der Waals surface area contributed by atoms with E-state index in [1.54, 1.807) is 6.07 Å². The van der Waals surface area contributed by atoms with Gasteiger partial charge in [0, 0.05) is 5.69 Å². The molecule has 1 aromatic carbocycles. The predicted molar refractivity (Wildman–Crippen MR) is 56.8 cm³/mol. The summed E-state index contributed by atoms with van der Waals surface area (Å²) in [6.07, 6.45) is -2.53. The average molecular weight is 217 g/mol. The molecule has 0 aliphatic carbocycles. The molecule has 0 aromatic heterocycles. The number of nitriles is 2. The van der Waals surface area contributed by atoms with Gasteiger partial charge in [0.25, 0.3) is 0 Å². The first-order chi connectivity index (χ1) is 7.60. The van der Waals surface area contributed by atoms with Crippen molar-refractivity contribution in [2.45, 2.75) is 18.6 Å². The minimum atomic E-state index is -1.19. The van der Waals surface area contributed by atoms with Gasteiger partial charge in [-0.1, -0.05) is 6.07 Å². The number of aliphatic hydroxyl groups excluding tert-OH is 2. The first-order valence-corrected chi connectivity index (χ1v) is 4.62. The Labute approximate surface area is 93.0 Å². The highest BCUT2D eigenvalue weighted by atomic mass is 16.3. The van der Waals surface area contributed by atoms with E-state index < -0.39 is 12.2 Å². The highest BCUT2D eigenvalue weighted by Crippen LogP contribution is 2.22. The SMILES string of the molecule is N#CCC(O)C(O)c1ccc(N)c(C#N)c1. The van der Waals surface area contributed by atoms with Gasteiger partial charge in [-0.15, -0.1) is 0 Å². The van der Waals surface area contributed by atoms with E-state index in [0.29, 0.717) is 11.3 Å². The van der Waals surface area contributed by atoms with E-state index in [2.05, 4.69) is 0 Å². The lowest BCUT2D eigenvalue weighted by atomic mass is 10.00. The largest absolute Gasteiger partial charge is 0.398 e. The maximum atomic E-state index is 9.68. The summed E-state index contributed by atoms with van der Waals surface area (Å²) >= 11 is 0. The molecule has 16 heavy (non-hydrogen) atoms. The van der Waals surface area contributed by atoms with E-state index in [1.165, 1.54) is 18.2 Å². The lowest BCUT2D eigenvalue weighted by Crippen LogP contribution is -2.17. The highest BCUT2D eigenvalue weighted by Gasteiger charge is 2.18. The standard InChI is InChI=1S/C11H11N3O2/c12-4-3-10(15)11(16)7-1-2-9(14)8(5-7)6-13/h1-2,5,10-11,15-16H,3,14H2. The van der Waals surface area contributed by atoms with Gasteiger partial charge in [-0.2, -0.15) is 10.5 Å². The van der Waals surface area contributed by atoms with Crippen molar-refractivity contribution in [3.63, 3.8) is 0 Å². The van der Waals surface area contributed by atoms with Gasteiger partial charge < -0.3 is 15.9 Å². The quantitative estimate of drug-likeness (QED) is 0.636. The number of hydrogen-bond acceptors (Lipinski definition) is 5. The molecule has 5 heteroatoms. The smallest absolute Gasteiger partial charge is 0.106 e. The van der Waals surface area contributed by atoms with E-state index in [-0.39, 0.29) is 12.0 Å². The molecular weight excluding hydrogens is 206 g/mol. The van der Waals surface area contributed by atoms with Crippen LogP contribution in [0.4, 0.5) is 5.69 Å². The lowest BCUT2D eigenvalue weighted by molar-refractivity contribution is 0.0216. The number of rotatable bonds is 3. The summed E-state index contributed by atoms with van der Waals surface area (Å²) < 4.78 is 0. The molecule has 1 aromatic rings. The molecule has 5 nitrogen and oxygen atoms in total. The molecule has 0 aliphatic rings. The monoisotopic (exact) mass is 217 g/mol. The van der Waals surface area contributed by atoms with E-state index in [9.17, 15) is 10.2 Å². The van der Waals surface area contributed by atoms with Crippen LogP contribution in [0.2, 0.25) is 0 Å². The molecule has 0 radical (unpaired) electrons. The third-order valence-corrected chi connectivity index (χ3v) is 2.20. The van der Waals surface area contributed by atoms with E-state index in [0.717, 1.165) is 0 Å². The number of benzene rings is 1. The molecule has 2 unspecified atom stereocenters. The molecule has 0 saturated carbocycles. The number of aliphatic hydroxyl groups is 2. The van der Waals surface area contributed by atoms with Gasteiger partial charge in [0.05, 0.1) is 24.2 Å². The molecule has 0 bridgehead atoms. The predicted octanol–water partition coefficient (Wildman–Crippen LogP) is 0.448. The summed E-state index contributed by atoms with van der Waals surface area (Å²) in [5.74, 6) is 0. The Balaban J connectivity index is 2.98. The summed E-state index contributed by atoms with van der Waals surface area (Å²) in [6.45, 7) is 0. The van der Waals surface area contributed by atoms with Crippen LogP contribution >= 0.6 is 0 Å². The lowest BCUT2D eigenvalue weighted by Gasteiger charge is -2.15. The average Bonchev–Trinajstić information content (AvgIpc) is 2.29. The van der Waals surface area contributed by atoms with Crippen molar-refractivity contribution in [2.75, 3.05) is 5.73 Å². The van der Waals surface area contributed by atoms with Gasteiger partial charge in [0.2, 0.25) is 0 Å². The van der Waals surface area contributed by atoms with Crippen LogP contribution in [-0.2, 0) is 0 Å². The van der Waals surface area contributed by atoms with Crippen LogP contribution in [0.1, 0.15) is 23.7 Å². The first kappa shape index (κ1) is 12.0. The maximum absolute atomic E-state index is 9.68. The van der Waals surface area contributed by atoms with Crippen LogP contribution in [0.5, 0.6) is 0 Å². The Hall–Kier alpha value is -2.08. The molecule has 0 spiro atoms. The van der Waals surface area contributed by atoms with Crippen molar-refractivity contribution >= 4 is 5.69 Å². The van der Waals surface area contributed by atoms with Crippen LogP contribution in [0.25, 0.3) is 0 Å². The fraction of sp³-hybridized carbons (Fsp3) is 0.273. The molecule has 1 rings (SSSR count). The normalized spacial score (nSPS) is 13.5. The van der Waals surface area contributed by atoms with E-state index >= 15 is 0 Å². The van der Waals surface area contributed by atoms with Gasteiger partial charge in [0.15, 0.2) is 0 Å². The van der Waals surface area contributed by atoms with Gasteiger partial charge in [-0.05, 0) is 17.7 Å². The fourth-order valence-corrected chi connectivity index (χ4v) is 1.28. The molecule has 2 atom stereocenters.